The van der Waals surface area contributed by atoms with Crippen molar-refractivity contribution in [2.75, 3.05) is 6.54 Å². The maximum atomic E-state index is 13.3. The van der Waals surface area contributed by atoms with Crippen LogP contribution >= 0.6 is 0 Å². The first-order valence-corrected chi connectivity index (χ1v) is 11.1. The molecule has 0 bridgehead atoms. The van der Waals surface area contributed by atoms with Crippen LogP contribution in [0.5, 0.6) is 0 Å². The Labute approximate surface area is 199 Å². The summed E-state index contributed by atoms with van der Waals surface area (Å²) >= 11 is 0. The number of esters is 2. The van der Waals surface area contributed by atoms with Crippen LogP contribution in [0.15, 0.2) is 41.2 Å². The van der Waals surface area contributed by atoms with Gasteiger partial charge in [-0.15, -0.1) is 0 Å². The highest BCUT2D eigenvalue weighted by atomic mass is 16.6. The molecule has 0 spiro atoms. The van der Waals surface area contributed by atoms with Crippen LogP contribution in [-0.2, 0) is 37.0 Å². The Kier molecular flexibility index (Phi) is 5.31. The van der Waals surface area contributed by atoms with Crippen LogP contribution < -0.4 is 10.9 Å². The molecule has 0 radical (unpaired) electrons. The van der Waals surface area contributed by atoms with E-state index in [-0.39, 0.29) is 23.3 Å². The standard InChI is InChI=1S/C25H23N3O7/c1-25(2,3)35-24(32)26-10-19(29)34-21-15-9-18-20-14(8-13-6-4-5-7-17(13)27-20)11-28(18)22(30)16(15)12-33-23(21)31/h4-9,21H,10-12H2,1-3H3,(H,26,32)/t21-/m0/s1. The van der Waals surface area contributed by atoms with E-state index in [9.17, 15) is 19.2 Å². The lowest BCUT2D eigenvalue weighted by molar-refractivity contribution is -0.171. The monoisotopic (exact) mass is 477 g/mol. The van der Waals surface area contributed by atoms with Gasteiger partial charge in [0.2, 0.25) is 6.10 Å². The van der Waals surface area contributed by atoms with Crippen molar-refractivity contribution in [3.8, 4) is 11.4 Å². The second-order valence-electron chi connectivity index (χ2n) is 9.38. The largest absolute Gasteiger partial charge is 0.458 e. The maximum Gasteiger partial charge on any atom is 0.408 e. The number of ether oxygens (including phenoxy) is 3. The summed E-state index contributed by atoms with van der Waals surface area (Å²) in [6.45, 7) is 4.66. The van der Waals surface area contributed by atoms with Crippen molar-refractivity contribution in [2.45, 2.75) is 45.6 Å². The molecule has 2 aliphatic heterocycles. The molecule has 180 valence electrons. The Morgan fingerprint density at radius 2 is 1.97 bits per heavy atom. The predicted octanol–water partition coefficient (Wildman–Crippen LogP) is 2.59. The minimum absolute atomic E-state index is 0.219. The molecule has 10 nitrogen and oxygen atoms in total. The number of cyclic esters (lactones) is 1. The van der Waals surface area contributed by atoms with Crippen LogP contribution in [0.4, 0.5) is 4.79 Å². The van der Waals surface area contributed by atoms with E-state index >= 15 is 0 Å². The zero-order valence-electron chi connectivity index (χ0n) is 19.4. The molecule has 0 saturated heterocycles. The SMILES string of the molecule is CC(C)(C)OC(=O)NCC(=O)O[C@@H]1C(=O)OCc2c1cc1n(c2=O)Cc2cc3ccccc3nc2-1. The Bertz CT molecular complexity index is 1450. The smallest absolute Gasteiger partial charge is 0.408 e. The molecule has 1 atom stereocenters. The number of nitrogens with one attached hydrogen (secondary N) is 1. The van der Waals surface area contributed by atoms with E-state index in [0.717, 1.165) is 16.5 Å². The van der Waals surface area contributed by atoms with Crippen LogP contribution in [0.2, 0.25) is 0 Å². The molecule has 2 aliphatic rings. The number of benzene rings is 1. The van der Waals surface area contributed by atoms with Crippen LogP contribution in [0.25, 0.3) is 22.3 Å². The van der Waals surface area contributed by atoms with Gasteiger partial charge in [0.15, 0.2) is 0 Å². The number of fused-ring (bicyclic) bond motifs is 5. The van der Waals surface area contributed by atoms with E-state index in [1.165, 1.54) is 0 Å². The van der Waals surface area contributed by atoms with Crippen LogP contribution in [0.1, 0.15) is 43.6 Å². The highest BCUT2D eigenvalue weighted by Gasteiger charge is 2.37. The van der Waals surface area contributed by atoms with Gasteiger partial charge < -0.3 is 24.1 Å². The Hall–Kier alpha value is -4.21. The number of para-hydroxylation sites is 1. The van der Waals surface area contributed by atoms with E-state index < -0.39 is 36.3 Å². The average Bonchev–Trinajstić information content (AvgIpc) is 3.15. The number of alkyl carbamates (subject to hydrolysis) is 1. The molecule has 35 heavy (non-hydrogen) atoms. The zero-order chi connectivity index (χ0) is 24.9. The number of carbonyl (C=O) groups excluding carboxylic acids is 3. The first-order chi connectivity index (χ1) is 16.6. The van der Waals surface area contributed by atoms with Gasteiger partial charge in [-0.25, -0.2) is 14.6 Å². The van der Waals surface area contributed by atoms with Crippen LogP contribution in [0, 0.1) is 0 Å². The Morgan fingerprint density at radius 1 is 1.20 bits per heavy atom. The van der Waals surface area contributed by atoms with Crippen LogP contribution in [-0.4, -0.2) is 39.7 Å². The first-order valence-electron chi connectivity index (χ1n) is 11.1. The van der Waals surface area contributed by atoms with E-state index in [4.69, 9.17) is 19.2 Å². The van der Waals surface area contributed by atoms with Gasteiger partial charge in [-0.2, -0.15) is 0 Å². The number of hydrogen-bond donors (Lipinski definition) is 1. The second-order valence-corrected chi connectivity index (χ2v) is 9.38. The highest BCUT2D eigenvalue weighted by molar-refractivity contribution is 5.86. The molecular weight excluding hydrogens is 454 g/mol. The van der Waals surface area contributed by atoms with Gasteiger partial charge in [-0.3, -0.25) is 9.59 Å². The summed E-state index contributed by atoms with van der Waals surface area (Å²) in [5.74, 6) is -1.67. The molecule has 0 unspecified atom stereocenters. The topological polar surface area (TPSA) is 126 Å². The van der Waals surface area contributed by atoms with Crippen molar-refractivity contribution in [2.24, 2.45) is 0 Å². The highest BCUT2D eigenvalue weighted by Crippen LogP contribution is 2.36. The molecule has 5 rings (SSSR count). The summed E-state index contributed by atoms with van der Waals surface area (Å²) in [7, 11) is 0. The summed E-state index contributed by atoms with van der Waals surface area (Å²) in [6.07, 6.45) is -2.23. The number of amides is 1. The van der Waals surface area contributed by atoms with E-state index in [1.807, 2.05) is 30.3 Å². The van der Waals surface area contributed by atoms with Crippen molar-refractivity contribution in [3.63, 3.8) is 0 Å². The fourth-order valence-electron chi connectivity index (χ4n) is 4.20. The van der Waals surface area contributed by atoms with Gasteiger partial charge in [0.05, 0.1) is 29.0 Å². The van der Waals surface area contributed by atoms with Gasteiger partial charge in [-0.1, -0.05) is 18.2 Å². The summed E-state index contributed by atoms with van der Waals surface area (Å²) in [5.41, 5.74) is 2.26. The fourth-order valence-corrected chi connectivity index (χ4v) is 4.20. The van der Waals surface area contributed by atoms with Gasteiger partial charge in [0.1, 0.15) is 18.8 Å². The third-order valence-electron chi connectivity index (χ3n) is 5.69. The molecular formula is C25H23N3O7. The quantitative estimate of drug-likeness (QED) is 0.353. The lowest BCUT2D eigenvalue weighted by atomic mass is 10.00. The minimum atomic E-state index is -1.44. The van der Waals surface area contributed by atoms with Gasteiger partial charge in [-0.05, 0) is 39.0 Å². The van der Waals surface area contributed by atoms with Gasteiger partial charge >= 0.3 is 18.0 Å². The number of nitrogens with zero attached hydrogens (tertiary/aromatic N) is 2. The number of aromatic nitrogens is 2. The average molecular weight is 477 g/mol. The maximum absolute atomic E-state index is 13.3. The van der Waals surface area contributed by atoms with Crippen LogP contribution in [0.3, 0.4) is 0 Å². The second kappa shape index (κ2) is 8.23. The molecule has 1 N–H and O–H groups in total. The Balaban J connectivity index is 1.44. The lowest BCUT2D eigenvalue weighted by Gasteiger charge is -2.25. The first kappa shape index (κ1) is 22.6. The molecule has 1 amide bonds. The summed E-state index contributed by atoms with van der Waals surface area (Å²) < 4.78 is 17.1. The number of rotatable bonds is 3. The number of carbonyl (C=O) groups is 3. The molecule has 0 aliphatic carbocycles. The summed E-state index contributed by atoms with van der Waals surface area (Å²) in [4.78, 5) is 54.7. The normalized spacial score (nSPS) is 16.1. The van der Waals surface area contributed by atoms with Crippen molar-refractivity contribution in [1.29, 1.82) is 0 Å². The number of pyridine rings is 2. The molecule has 0 saturated carbocycles. The molecule has 2 aromatic heterocycles. The molecule has 0 fully saturated rings. The van der Waals surface area contributed by atoms with E-state index in [0.29, 0.717) is 17.9 Å². The van der Waals surface area contributed by atoms with Crippen molar-refractivity contribution < 1.29 is 28.6 Å². The molecule has 10 heteroatoms. The van der Waals surface area contributed by atoms with E-state index in [2.05, 4.69) is 5.32 Å². The summed E-state index contributed by atoms with van der Waals surface area (Å²) in [6, 6.07) is 11.3. The third-order valence-corrected chi connectivity index (χ3v) is 5.69. The molecule has 1 aromatic carbocycles. The lowest BCUT2D eigenvalue weighted by Crippen LogP contribution is -2.38. The van der Waals surface area contributed by atoms with Gasteiger partial charge in [0, 0.05) is 16.5 Å². The number of hydrogen-bond acceptors (Lipinski definition) is 8. The van der Waals surface area contributed by atoms with Crippen molar-refractivity contribution in [1.82, 2.24) is 14.9 Å². The minimum Gasteiger partial charge on any atom is -0.458 e. The van der Waals surface area contributed by atoms with Crippen molar-refractivity contribution >= 4 is 28.9 Å². The Morgan fingerprint density at radius 3 is 2.74 bits per heavy atom. The van der Waals surface area contributed by atoms with Crippen molar-refractivity contribution in [3.05, 3.63) is 63.4 Å². The third kappa shape index (κ3) is 4.23. The summed E-state index contributed by atoms with van der Waals surface area (Å²) in [5, 5.41) is 3.24. The molecule has 3 aromatic rings. The van der Waals surface area contributed by atoms with E-state index in [1.54, 1.807) is 31.4 Å². The molecule has 4 heterocycles. The van der Waals surface area contributed by atoms with Gasteiger partial charge in [0.25, 0.3) is 5.56 Å². The predicted molar refractivity (Wildman–Crippen MR) is 123 cm³/mol. The zero-order valence-corrected chi connectivity index (χ0v) is 19.4. The fraction of sp³-hybridized carbons (Fsp3) is 0.320.